The van der Waals surface area contributed by atoms with Crippen molar-refractivity contribution in [1.29, 1.82) is 0 Å². The Hall–Kier alpha value is -2.32. The minimum atomic E-state index is -4.33. The first-order chi connectivity index (χ1) is 10.3. The monoisotopic (exact) mass is 326 g/mol. The second kappa shape index (κ2) is 6.20. The fraction of sp³-hybridized carbons (Fsp3) is 0.0714. The minimum absolute atomic E-state index is 0.315. The summed E-state index contributed by atoms with van der Waals surface area (Å²) < 4.78 is 52.7. The zero-order valence-corrected chi connectivity index (χ0v) is 12.0. The van der Waals surface area contributed by atoms with Gasteiger partial charge in [0, 0.05) is 6.07 Å². The van der Waals surface area contributed by atoms with Crippen molar-refractivity contribution in [1.82, 2.24) is 4.72 Å². The Morgan fingerprint density at radius 3 is 2.09 bits per heavy atom. The molecule has 5 nitrogen and oxygen atoms in total. The zero-order chi connectivity index (χ0) is 16.3. The van der Waals surface area contributed by atoms with E-state index >= 15 is 0 Å². The molecule has 0 aliphatic carbocycles. The number of nitrogens with one attached hydrogen (secondary N) is 1. The van der Waals surface area contributed by atoms with E-state index in [0.29, 0.717) is 23.8 Å². The van der Waals surface area contributed by atoms with Gasteiger partial charge < -0.3 is 5.73 Å². The molecule has 2 aromatic carbocycles. The Labute approximate surface area is 125 Å². The van der Waals surface area contributed by atoms with Crippen molar-refractivity contribution >= 4 is 15.9 Å². The van der Waals surface area contributed by atoms with Gasteiger partial charge in [0.1, 0.15) is 17.7 Å². The number of hydrogen-bond acceptors (Lipinski definition) is 3. The summed E-state index contributed by atoms with van der Waals surface area (Å²) in [5.41, 5.74) is 5.51. The predicted molar refractivity (Wildman–Crippen MR) is 75.1 cm³/mol. The smallest absolute Gasteiger partial charge is 0.241 e. The van der Waals surface area contributed by atoms with Crippen LogP contribution in [-0.2, 0) is 14.8 Å². The highest BCUT2D eigenvalue weighted by molar-refractivity contribution is 7.89. The molecule has 0 heterocycles. The molecule has 0 bridgehead atoms. The van der Waals surface area contributed by atoms with Crippen molar-refractivity contribution in [2.45, 2.75) is 10.9 Å². The average Bonchev–Trinajstić information content (AvgIpc) is 2.44. The molecule has 116 valence electrons. The molecular formula is C14H12F2N2O3S. The second-order valence-corrected chi connectivity index (χ2v) is 6.19. The lowest BCUT2D eigenvalue weighted by molar-refractivity contribution is -0.119. The molecule has 0 fully saturated rings. The molecule has 0 radical (unpaired) electrons. The Bertz CT molecular complexity index is 775. The third-order valence-corrected chi connectivity index (χ3v) is 4.24. The molecule has 1 amide bonds. The average molecular weight is 326 g/mol. The van der Waals surface area contributed by atoms with E-state index in [-0.39, 0.29) is 0 Å². The Morgan fingerprint density at radius 2 is 1.59 bits per heavy atom. The lowest BCUT2D eigenvalue weighted by atomic mass is 10.1. The van der Waals surface area contributed by atoms with Crippen molar-refractivity contribution in [3.05, 3.63) is 65.7 Å². The Kier molecular flexibility index (Phi) is 4.53. The first-order valence-electron chi connectivity index (χ1n) is 6.12. The normalized spacial score (nSPS) is 12.8. The summed E-state index contributed by atoms with van der Waals surface area (Å²) in [6, 6.07) is 8.37. The molecular weight excluding hydrogens is 314 g/mol. The van der Waals surface area contributed by atoms with Crippen LogP contribution in [0.3, 0.4) is 0 Å². The maximum absolute atomic E-state index is 13.2. The summed E-state index contributed by atoms with van der Waals surface area (Å²) in [5.74, 6) is -3.03. The van der Waals surface area contributed by atoms with Crippen LogP contribution >= 0.6 is 0 Å². The summed E-state index contributed by atoms with van der Waals surface area (Å²) in [6.45, 7) is 0. The van der Waals surface area contributed by atoms with Crippen LogP contribution < -0.4 is 10.5 Å². The molecule has 0 spiro atoms. The first kappa shape index (κ1) is 16.1. The number of sulfonamides is 1. The molecule has 22 heavy (non-hydrogen) atoms. The van der Waals surface area contributed by atoms with Crippen molar-refractivity contribution in [3.63, 3.8) is 0 Å². The van der Waals surface area contributed by atoms with Crippen molar-refractivity contribution in [2.75, 3.05) is 0 Å². The number of rotatable bonds is 5. The van der Waals surface area contributed by atoms with Gasteiger partial charge in [0.15, 0.2) is 0 Å². The number of primary amides is 1. The predicted octanol–water partition coefficient (Wildman–Crippen LogP) is 1.47. The maximum Gasteiger partial charge on any atom is 0.241 e. The van der Waals surface area contributed by atoms with Gasteiger partial charge >= 0.3 is 0 Å². The van der Waals surface area contributed by atoms with E-state index in [2.05, 4.69) is 0 Å². The van der Waals surface area contributed by atoms with Gasteiger partial charge in [-0.1, -0.05) is 30.3 Å². The first-order valence-corrected chi connectivity index (χ1v) is 7.60. The number of nitrogens with two attached hydrogens (primary N) is 1. The summed E-state index contributed by atoms with van der Waals surface area (Å²) in [6.07, 6.45) is 0. The second-order valence-electron chi connectivity index (χ2n) is 4.47. The Morgan fingerprint density at radius 1 is 1.05 bits per heavy atom. The zero-order valence-electron chi connectivity index (χ0n) is 11.2. The number of amides is 1. The third kappa shape index (κ3) is 3.66. The molecule has 1 atom stereocenters. The SMILES string of the molecule is NC(=O)[C@@H](NS(=O)(=O)c1cc(F)cc(F)c1)c1ccccc1. The Balaban J connectivity index is 2.39. The fourth-order valence-electron chi connectivity index (χ4n) is 1.84. The lowest BCUT2D eigenvalue weighted by Crippen LogP contribution is -2.37. The van der Waals surface area contributed by atoms with Gasteiger partial charge in [-0.25, -0.2) is 17.2 Å². The van der Waals surface area contributed by atoms with E-state index in [1.54, 1.807) is 18.2 Å². The number of hydrogen-bond donors (Lipinski definition) is 2. The van der Waals surface area contributed by atoms with E-state index in [1.165, 1.54) is 12.1 Å². The molecule has 0 saturated carbocycles. The van der Waals surface area contributed by atoms with Gasteiger partial charge in [0.05, 0.1) is 4.90 Å². The standard InChI is InChI=1S/C14H12F2N2O3S/c15-10-6-11(16)8-12(7-10)22(20,21)18-13(14(17)19)9-4-2-1-3-5-9/h1-8,13,18H,(H2,17,19)/t13-/m0/s1. The van der Waals surface area contributed by atoms with Crippen LogP contribution in [0, 0.1) is 11.6 Å². The van der Waals surface area contributed by atoms with E-state index in [0.717, 1.165) is 0 Å². The fourth-order valence-corrected chi connectivity index (χ4v) is 3.08. The van der Waals surface area contributed by atoms with Crippen LogP contribution in [0.2, 0.25) is 0 Å². The molecule has 3 N–H and O–H groups in total. The van der Waals surface area contributed by atoms with Crippen LogP contribution in [0.1, 0.15) is 11.6 Å². The quantitative estimate of drug-likeness (QED) is 0.872. The van der Waals surface area contributed by atoms with Gasteiger partial charge in [-0.3, -0.25) is 4.79 Å². The van der Waals surface area contributed by atoms with E-state index in [1.807, 2.05) is 4.72 Å². The van der Waals surface area contributed by atoms with Gasteiger partial charge in [0.25, 0.3) is 0 Å². The topological polar surface area (TPSA) is 89.3 Å². The van der Waals surface area contributed by atoms with Crippen LogP contribution in [0.4, 0.5) is 8.78 Å². The molecule has 0 aliphatic heterocycles. The lowest BCUT2D eigenvalue weighted by Gasteiger charge is -2.16. The highest BCUT2D eigenvalue weighted by Crippen LogP contribution is 2.18. The van der Waals surface area contributed by atoms with Gasteiger partial charge in [-0.15, -0.1) is 0 Å². The number of halogens is 2. The van der Waals surface area contributed by atoms with Crippen LogP contribution in [-0.4, -0.2) is 14.3 Å². The largest absolute Gasteiger partial charge is 0.368 e. The number of carbonyl (C=O) groups is 1. The van der Waals surface area contributed by atoms with Crippen molar-refractivity contribution < 1.29 is 22.0 Å². The number of benzene rings is 2. The van der Waals surface area contributed by atoms with Crippen LogP contribution in [0.25, 0.3) is 0 Å². The molecule has 2 aromatic rings. The highest BCUT2D eigenvalue weighted by Gasteiger charge is 2.26. The minimum Gasteiger partial charge on any atom is -0.368 e. The summed E-state index contributed by atoms with van der Waals surface area (Å²) in [4.78, 5) is 10.9. The van der Waals surface area contributed by atoms with Gasteiger partial charge in [0.2, 0.25) is 15.9 Å². The third-order valence-electron chi connectivity index (χ3n) is 2.84. The maximum atomic E-state index is 13.2. The molecule has 0 unspecified atom stereocenters. The molecule has 0 aromatic heterocycles. The van der Waals surface area contributed by atoms with Gasteiger partial charge in [-0.2, -0.15) is 4.72 Å². The van der Waals surface area contributed by atoms with E-state index in [4.69, 9.17) is 5.73 Å². The van der Waals surface area contributed by atoms with E-state index < -0.39 is 38.5 Å². The number of carbonyl (C=O) groups excluding carboxylic acids is 1. The molecule has 8 heteroatoms. The molecule has 0 aliphatic rings. The van der Waals surface area contributed by atoms with Crippen molar-refractivity contribution in [2.24, 2.45) is 5.73 Å². The summed E-state index contributed by atoms with van der Waals surface area (Å²) >= 11 is 0. The summed E-state index contributed by atoms with van der Waals surface area (Å²) in [7, 11) is -4.33. The van der Waals surface area contributed by atoms with Crippen LogP contribution in [0.15, 0.2) is 53.4 Å². The highest BCUT2D eigenvalue weighted by atomic mass is 32.2. The van der Waals surface area contributed by atoms with E-state index in [9.17, 15) is 22.0 Å². The molecule has 0 saturated heterocycles. The molecule has 2 rings (SSSR count). The summed E-state index contributed by atoms with van der Waals surface area (Å²) in [5, 5.41) is 0. The van der Waals surface area contributed by atoms with Crippen molar-refractivity contribution in [3.8, 4) is 0 Å². The van der Waals surface area contributed by atoms with Crippen LogP contribution in [0.5, 0.6) is 0 Å². The van der Waals surface area contributed by atoms with Gasteiger partial charge in [-0.05, 0) is 17.7 Å².